The number of nitrogens with zero attached hydrogens (tertiary/aromatic N) is 2. The molecule has 2 heterocycles. The second-order valence-electron chi connectivity index (χ2n) is 6.44. The standard InChI is InChI=1S/C19H20N2O3S/c22-11-13(23)10-21-17(12-6-2-1-3-7-12)20-18-16(19(21)24)14-8-4-5-9-15(14)25-18/h1-3,6-7,13,22-23H,4-5,8-11H2. The van der Waals surface area contributed by atoms with Crippen LogP contribution in [-0.2, 0) is 19.4 Å². The van der Waals surface area contributed by atoms with Crippen LogP contribution >= 0.6 is 11.3 Å². The van der Waals surface area contributed by atoms with Gasteiger partial charge in [-0.3, -0.25) is 9.36 Å². The van der Waals surface area contributed by atoms with Crippen molar-refractivity contribution in [1.29, 1.82) is 0 Å². The van der Waals surface area contributed by atoms with Crippen molar-refractivity contribution in [1.82, 2.24) is 9.55 Å². The number of aliphatic hydroxyl groups excluding tert-OH is 2. The van der Waals surface area contributed by atoms with E-state index in [0.717, 1.165) is 41.6 Å². The lowest BCUT2D eigenvalue weighted by molar-refractivity contribution is 0.0807. The van der Waals surface area contributed by atoms with Crippen LogP contribution in [0.15, 0.2) is 35.1 Å². The number of hydrogen-bond donors (Lipinski definition) is 2. The van der Waals surface area contributed by atoms with E-state index in [2.05, 4.69) is 0 Å². The second-order valence-corrected chi connectivity index (χ2v) is 7.53. The third-order valence-electron chi connectivity index (χ3n) is 4.71. The molecule has 25 heavy (non-hydrogen) atoms. The van der Waals surface area contributed by atoms with Crippen LogP contribution < -0.4 is 5.56 Å². The normalized spacial score (nSPS) is 15.3. The summed E-state index contributed by atoms with van der Waals surface area (Å²) in [5.74, 6) is 0.546. The van der Waals surface area contributed by atoms with E-state index < -0.39 is 6.10 Å². The molecule has 1 atom stereocenters. The molecular formula is C19H20N2O3S. The Hall–Kier alpha value is -2.02. The SMILES string of the molecule is O=c1c2c3c(sc2nc(-c2ccccc2)n1CC(O)CO)CCCC3. The summed E-state index contributed by atoms with van der Waals surface area (Å²) < 4.78 is 1.51. The van der Waals surface area contributed by atoms with Crippen molar-refractivity contribution in [2.24, 2.45) is 0 Å². The van der Waals surface area contributed by atoms with Gasteiger partial charge in [-0.25, -0.2) is 4.98 Å². The first-order valence-corrected chi connectivity index (χ1v) is 9.40. The Morgan fingerprint density at radius 3 is 2.72 bits per heavy atom. The second kappa shape index (κ2) is 6.71. The molecular weight excluding hydrogens is 336 g/mol. The number of aliphatic hydroxyl groups is 2. The van der Waals surface area contributed by atoms with Crippen molar-refractivity contribution < 1.29 is 10.2 Å². The van der Waals surface area contributed by atoms with E-state index in [-0.39, 0.29) is 18.7 Å². The Balaban J connectivity index is 1.99. The summed E-state index contributed by atoms with van der Waals surface area (Å²) in [6.45, 7) is -0.354. The molecule has 0 saturated heterocycles. The molecule has 5 nitrogen and oxygen atoms in total. The van der Waals surface area contributed by atoms with E-state index >= 15 is 0 Å². The Morgan fingerprint density at radius 1 is 1.20 bits per heavy atom. The number of rotatable bonds is 4. The predicted octanol–water partition coefficient (Wildman–Crippen LogP) is 2.36. The molecule has 3 aromatic rings. The van der Waals surface area contributed by atoms with Gasteiger partial charge in [0.15, 0.2) is 0 Å². The number of aromatic nitrogens is 2. The molecule has 2 aromatic heterocycles. The highest BCUT2D eigenvalue weighted by molar-refractivity contribution is 7.18. The predicted molar refractivity (Wildman–Crippen MR) is 99.1 cm³/mol. The molecule has 0 spiro atoms. The average Bonchev–Trinajstić information content (AvgIpc) is 3.03. The van der Waals surface area contributed by atoms with Gasteiger partial charge in [0.2, 0.25) is 0 Å². The topological polar surface area (TPSA) is 75.4 Å². The van der Waals surface area contributed by atoms with Crippen LogP contribution in [0.2, 0.25) is 0 Å². The summed E-state index contributed by atoms with van der Waals surface area (Å²) in [4.78, 5) is 20.1. The molecule has 0 radical (unpaired) electrons. The summed E-state index contributed by atoms with van der Waals surface area (Å²) >= 11 is 1.62. The highest BCUT2D eigenvalue weighted by atomic mass is 32.1. The zero-order valence-corrected chi connectivity index (χ0v) is 14.6. The van der Waals surface area contributed by atoms with Crippen molar-refractivity contribution in [3.63, 3.8) is 0 Å². The van der Waals surface area contributed by atoms with Gasteiger partial charge in [-0.1, -0.05) is 30.3 Å². The fraction of sp³-hybridized carbons (Fsp3) is 0.368. The van der Waals surface area contributed by atoms with Crippen LogP contribution in [0.3, 0.4) is 0 Å². The van der Waals surface area contributed by atoms with Crippen molar-refractivity contribution >= 4 is 21.6 Å². The van der Waals surface area contributed by atoms with Gasteiger partial charge >= 0.3 is 0 Å². The minimum absolute atomic E-state index is 0.0348. The summed E-state index contributed by atoms with van der Waals surface area (Å²) in [5, 5.41) is 19.9. The molecule has 0 bridgehead atoms. The molecule has 0 aliphatic heterocycles. The van der Waals surface area contributed by atoms with Gasteiger partial charge in [-0.05, 0) is 31.2 Å². The fourth-order valence-corrected chi connectivity index (χ4v) is 4.74. The number of aryl methyl sites for hydroxylation is 2. The summed E-state index contributed by atoms with van der Waals surface area (Å²) in [7, 11) is 0. The van der Waals surface area contributed by atoms with Crippen LogP contribution in [0.5, 0.6) is 0 Å². The van der Waals surface area contributed by atoms with Gasteiger partial charge in [0.05, 0.1) is 24.6 Å². The number of benzene rings is 1. The molecule has 0 saturated carbocycles. The molecule has 2 N–H and O–H groups in total. The lowest BCUT2D eigenvalue weighted by Crippen LogP contribution is -2.30. The Kier molecular flexibility index (Phi) is 4.41. The molecule has 0 amide bonds. The van der Waals surface area contributed by atoms with Crippen molar-refractivity contribution in [2.45, 2.75) is 38.3 Å². The quantitative estimate of drug-likeness (QED) is 0.752. The highest BCUT2D eigenvalue weighted by Gasteiger charge is 2.23. The lowest BCUT2D eigenvalue weighted by atomic mass is 9.97. The lowest BCUT2D eigenvalue weighted by Gasteiger charge is -2.16. The maximum absolute atomic E-state index is 13.2. The molecule has 0 fully saturated rings. The molecule has 130 valence electrons. The molecule has 4 rings (SSSR count). The zero-order chi connectivity index (χ0) is 17.4. The maximum Gasteiger partial charge on any atom is 0.262 e. The van der Waals surface area contributed by atoms with Gasteiger partial charge in [0.25, 0.3) is 5.56 Å². The first kappa shape index (κ1) is 16.4. The third-order valence-corrected chi connectivity index (χ3v) is 5.90. The van der Waals surface area contributed by atoms with E-state index in [1.807, 2.05) is 30.3 Å². The van der Waals surface area contributed by atoms with E-state index in [9.17, 15) is 15.0 Å². The van der Waals surface area contributed by atoms with Gasteiger partial charge in [-0.2, -0.15) is 0 Å². The molecule has 1 aliphatic carbocycles. The zero-order valence-electron chi connectivity index (χ0n) is 13.8. The van der Waals surface area contributed by atoms with Gasteiger partial charge < -0.3 is 10.2 Å². The van der Waals surface area contributed by atoms with Crippen LogP contribution in [-0.4, -0.2) is 32.5 Å². The average molecular weight is 356 g/mol. The molecule has 1 unspecified atom stereocenters. The molecule has 1 aliphatic rings. The first-order valence-electron chi connectivity index (χ1n) is 8.58. The minimum atomic E-state index is -0.992. The van der Waals surface area contributed by atoms with E-state index in [1.165, 1.54) is 9.44 Å². The van der Waals surface area contributed by atoms with Crippen molar-refractivity contribution in [3.8, 4) is 11.4 Å². The largest absolute Gasteiger partial charge is 0.394 e. The van der Waals surface area contributed by atoms with Crippen molar-refractivity contribution in [2.75, 3.05) is 6.61 Å². The van der Waals surface area contributed by atoms with Crippen molar-refractivity contribution in [3.05, 3.63) is 51.1 Å². The Morgan fingerprint density at radius 2 is 1.96 bits per heavy atom. The van der Waals surface area contributed by atoms with E-state index in [4.69, 9.17) is 4.98 Å². The first-order chi connectivity index (χ1) is 12.2. The van der Waals surface area contributed by atoms with E-state index in [0.29, 0.717) is 11.2 Å². The third kappa shape index (κ3) is 2.90. The van der Waals surface area contributed by atoms with Gasteiger partial charge in [0.1, 0.15) is 10.7 Å². The maximum atomic E-state index is 13.2. The van der Waals surface area contributed by atoms with Crippen LogP contribution in [0, 0.1) is 0 Å². The minimum Gasteiger partial charge on any atom is -0.394 e. The summed E-state index contributed by atoms with van der Waals surface area (Å²) in [6, 6.07) is 9.53. The van der Waals surface area contributed by atoms with Gasteiger partial charge in [-0.15, -0.1) is 11.3 Å². The van der Waals surface area contributed by atoms with Gasteiger partial charge in [0, 0.05) is 10.4 Å². The molecule has 6 heteroatoms. The Bertz CT molecular complexity index is 962. The Labute approximate surface area is 149 Å². The van der Waals surface area contributed by atoms with Crippen LogP contribution in [0.4, 0.5) is 0 Å². The van der Waals surface area contributed by atoms with Crippen LogP contribution in [0.1, 0.15) is 23.3 Å². The summed E-state index contributed by atoms with van der Waals surface area (Å²) in [5.41, 5.74) is 1.85. The smallest absolute Gasteiger partial charge is 0.262 e. The number of hydrogen-bond acceptors (Lipinski definition) is 5. The fourth-order valence-electron chi connectivity index (χ4n) is 3.48. The van der Waals surface area contributed by atoms with E-state index in [1.54, 1.807) is 11.3 Å². The highest BCUT2D eigenvalue weighted by Crippen LogP contribution is 2.34. The monoisotopic (exact) mass is 356 g/mol. The number of thiophene rings is 1. The molecule has 1 aromatic carbocycles. The number of fused-ring (bicyclic) bond motifs is 3. The summed E-state index contributed by atoms with van der Waals surface area (Å²) in [6.07, 6.45) is 3.18. The van der Waals surface area contributed by atoms with Crippen LogP contribution in [0.25, 0.3) is 21.6 Å².